The molecular formula is C12H8F2N2O2. The number of carbonyl (C=O) groups excluding carboxylic acids is 1. The second-order valence-corrected chi connectivity index (χ2v) is 3.41. The molecule has 0 fully saturated rings. The molecule has 0 aliphatic rings. The van der Waals surface area contributed by atoms with Gasteiger partial charge in [0.1, 0.15) is 6.33 Å². The summed E-state index contributed by atoms with van der Waals surface area (Å²) in [4.78, 5) is 18.9. The SMILES string of the molecule is COC(=O)c1cc(-c2ccc(F)c(F)c2)ncn1. The lowest BCUT2D eigenvalue weighted by Crippen LogP contribution is -2.04. The molecule has 0 radical (unpaired) electrons. The maximum Gasteiger partial charge on any atom is 0.356 e. The molecule has 0 spiro atoms. The molecule has 6 heteroatoms. The Hall–Kier alpha value is -2.37. The Bertz CT molecular complexity index is 602. The molecule has 4 nitrogen and oxygen atoms in total. The fourth-order valence-electron chi connectivity index (χ4n) is 1.39. The van der Waals surface area contributed by atoms with Crippen molar-refractivity contribution in [2.24, 2.45) is 0 Å². The Morgan fingerprint density at radius 1 is 1.17 bits per heavy atom. The largest absolute Gasteiger partial charge is 0.464 e. The lowest BCUT2D eigenvalue weighted by atomic mass is 10.1. The molecule has 2 rings (SSSR count). The molecule has 92 valence electrons. The van der Waals surface area contributed by atoms with Gasteiger partial charge in [0, 0.05) is 5.56 Å². The Balaban J connectivity index is 2.44. The summed E-state index contributed by atoms with van der Waals surface area (Å²) in [6.45, 7) is 0. The van der Waals surface area contributed by atoms with Gasteiger partial charge in [-0.2, -0.15) is 0 Å². The van der Waals surface area contributed by atoms with Crippen molar-refractivity contribution < 1.29 is 18.3 Å². The number of aromatic nitrogens is 2. The average Bonchev–Trinajstić information content (AvgIpc) is 2.41. The van der Waals surface area contributed by atoms with Crippen molar-refractivity contribution in [3.8, 4) is 11.3 Å². The minimum absolute atomic E-state index is 0.0484. The Morgan fingerprint density at radius 2 is 1.94 bits per heavy atom. The van der Waals surface area contributed by atoms with E-state index in [4.69, 9.17) is 0 Å². The minimum atomic E-state index is -0.981. The van der Waals surface area contributed by atoms with Crippen LogP contribution in [-0.4, -0.2) is 23.0 Å². The van der Waals surface area contributed by atoms with Crippen LogP contribution in [0.1, 0.15) is 10.5 Å². The number of ether oxygens (including phenoxy) is 1. The van der Waals surface area contributed by atoms with Crippen molar-refractivity contribution in [2.75, 3.05) is 7.11 Å². The minimum Gasteiger partial charge on any atom is -0.464 e. The number of halogens is 2. The van der Waals surface area contributed by atoms with Crippen molar-refractivity contribution in [1.82, 2.24) is 9.97 Å². The molecule has 0 atom stereocenters. The lowest BCUT2D eigenvalue weighted by molar-refractivity contribution is 0.0594. The van der Waals surface area contributed by atoms with Gasteiger partial charge in [0.2, 0.25) is 0 Å². The second kappa shape index (κ2) is 4.87. The summed E-state index contributed by atoms with van der Waals surface area (Å²) in [5, 5.41) is 0. The summed E-state index contributed by atoms with van der Waals surface area (Å²) in [6, 6.07) is 4.70. The van der Waals surface area contributed by atoms with Gasteiger partial charge in [0.15, 0.2) is 17.3 Å². The standard InChI is InChI=1S/C12H8F2N2O2/c1-18-12(17)11-5-10(15-6-16-11)7-2-3-8(13)9(14)4-7/h2-6H,1H3. The van der Waals surface area contributed by atoms with Crippen LogP contribution in [0.4, 0.5) is 8.78 Å². The number of nitrogens with zero attached hydrogens (tertiary/aromatic N) is 2. The number of rotatable bonds is 2. The van der Waals surface area contributed by atoms with Crippen LogP contribution in [0.15, 0.2) is 30.6 Å². The first-order valence-electron chi connectivity index (χ1n) is 4.97. The maximum atomic E-state index is 13.1. The number of esters is 1. The van der Waals surface area contributed by atoms with E-state index in [2.05, 4.69) is 14.7 Å². The first-order valence-corrected chi connectivity index (χ1v) is 4.97. The van der Waals surface area contributed by atoms with Gasteiger partial charge in [-0.1, -0.05) is 0 Å². The predicted molar refractivity (Wildman–Crippen MR) is 58.7 cm³/mol. The summed E-state index contributed by atoms with van der Waals surface area (Å²) in [5.74, 6) is -2.55. The Morgan fingerprint density at radius 3 is 2.61 bits per heavy atom. The van der Waals surface area contributed by atoms with Crippen molar-refractivity contribution in [3.63, 3.8) is 0 Å². The first kappa shape index (κ1) is 12.1. The maximum absolute atomic E-state index is 13.1. The summed E-state index contributed by atoms with van der Waals surface area (Å²) >= 11 is 0. The molecule has 0 aliphatic heterocycles. The predicted octanol–water partition coefficient (Wildman–Crippen LogP) is 2.21. The van der Waals surface area contributed by atoms with Crippen LogP contribution >= 0.6 is 0 Å². The van der Waals surface area contributed by atoms with Gasteiger partial charge >= 0.3 is 5.97 Å². The molecule has 0 saturated heterocycles. The third kappa shape index (κ3) is 2.32. The smallest absolute Gasteiger partial charge is 0.356 e. The zero-order chi connectivity index (χ0) is 13.1. The molecule has 1 heterocycles. The third-order valence-corrected chi connectivity index (χ3v) is 2.28. The zero-order valence-corrected chi connectivity index (χ0v) is 9.35. The van der Waals surface area contributed by atoms with E-state index in [0.717, 1.165) is 18.5 Å². The van der Waals surface area contributed by atoms with Gasteiger partial charge in [-0.15, -0.1) is 0 Å². The highest BCUT2D eigenvalue weighted by molar-refractivity contribution is 5.88. The van der Waals surface area contributed by atoms with Crippen LogP contribution in [0.25, 0.3) is 11.3 Å². The van der Waals surface area contributed by atoms with Gasteiger partial charge in [-0.05, 0) is 24.3 Å². The summed E-state index contributed by atoms with van der Waals surface area (Å²) in [6.07, 6.45) is 1.16. The molecule has 2 aromatic rings. The number of carbonyl (C=O) groups is 1. The van der Waals surface area contributed by atoms with Crippen LogP contribution < -0.4 is 0 Å². The highest BCUT2D eigenvalue weighted by Crippen LogP contribution is 2.19. The van der Waals surface area contributed by atoms with Gasteiger partial charge in [-0.25, -0.2) is 23.5 Å². The number of benzene rings is 1. The summed E-state index contributed by atoms with van der Waals surface area (Å²) in [7, 11) is 1.22. The molecule has 0 N–H and O–H groups in total. The van der Waals surface area contributed by atoms with Crippen molar-refractivity contribution >= 4 is 5.97 Å². The zero-order valence-electron chi connectivity index (χ0n) is 9.35. The normalized spacial score (nSPS) is 10.2. The fourth-order valence-corrected chi connectivity index (χ4v) is 1.39. The average molecular weight is 250 g/mol. The van der Waals surface area contributed by atoms with E-state index < -0.39 is 17.6 Å². The number of methoxy groups -OCH3 is 1. The van der Waals surface area contributed by atoms with Crippen molar-refractivity contribution in [2.45, 2.75) is 0 Å². The highest BCUT2D eigenvalue weighted by Gasteiger charge is 2.11. The first-order chi connectivity index (χ1) is 8.61. The van der Waals surface area contributed by atoms with Gasteiger partial charge in [-0.3, -0.25) is 0 Å². The van der Waals surface area contributed by atoms with Crippen molar-refractivity contribution in [1.29, 1.82) is 0 Å². The van der Waals surface area contributed by atoms with E-state index >= 15 is 0 Å². The van der Waals surface area contributed by atoms with E-state index in [1.165, 1.54) is 19.2 Å². The van der Waals surface area contributed by atoms with E-state index in [9.17, 15) is 13.6 Å². The molecule has 0 amide bonds. The van der Waals surface area contributed by atoms with E-state index in [-0.39, 0.29) is 5.69 Å². The number of hydrogen-bond donors (Lipinski definition) is 0. The summed E-state index contributed by atoms with van der Waals surface area (Å²) in [5.41, 5.74) is 0.706. The van der Waals surface area contributed by atoms with Crippen LogP contribution in [0.5, 0.6) is 0 Å². The molecule has 0 unspecified atom stereocenters. The van der Waals surface area contributed by atoms with E-state index in [0.29, 0.717) is 11.3 Å². The Labute approximate surface area is 101 Å². The lowest BCUT2D eigenvalue weighted by Gasteiger charge is -2.03. The van der Waals surface area contributed by atoms with Crippen LogP contribution in [-0.2, 0) is 4.74 Å². The molecule has 0 bridgehead atoms. The van der Waals surface area contributed by atoms with Crippen LogP contribution in [0, 0.1) is 11.6 Å². The topological polar surface area (TPSA) is 52.1 Å². The van der Waals surface area contributed by atoms with E-state index in [1.807, 2.05) is 0 Å². The van der Waals surface area contributed by atoms with Gasteiger partial charge < -0.3 is 4.74 Å². The number of hydrogen-bond acceptors (Lipinski definition) is 4. The molecule has 0 saturated carbocycles. The third-order valence-electron chi connectivity index (χ3n) is 2.28. The molecular weight excluding hydrogens is 242 g/mol. The van der Waals surface area contributed by atoms with Gasteiger partial charge in [0.25, 0.3) is 0 Å². The second-order valence-electron chi connectivity index (χ2n) is 3.41. The summed E-state index contributed by atoms with van der Waals surface area (Å²) < 4.78 is 30.4. The monoisotopic (exact) mass is 250 g/mol. The van der Waals surface area contributed by atoms with Gasteiger partial charge in [0.05, 0.1) is 12.8 Å². The molecule has 0 aliphatic carbocycles. The van der Waals surface area contributed by atoms with E-state index in [1.54, 1.807) is 0 Å². The fraction of sp³-hybridized carbons (Fsp3) is 0.0833. The molecule has 1 aromatic heterocycles. The van der Waals surface area contributed by atoms with Crippen LogP contribution in [0.3, 0.4) is 0 Å². The van der Waals surface area contributed by atoms with Crippen molar-refractivity contribution in [3.05, 3.63) is 47.9 Å². The Kier molecular flexibility index (Phi) is 3.27. The molecule has 18 heavy (non-hydrogen) atoms. The molecule has 1 aromatic carbocycles. The highest BCUT2D eigenvalue weighted by atomic mass is 19.2. The quantitative estimate of drug-likeness (QED) is 0.767. The van der Waals surface area contributed by atoms with Crippen LogP contribution in [0.2, 0.25) is 0 Å².